The van der Waals surface area contributed by atoms with Crippen molar-refractivity contribution in [2.75, 3.05) is 0 Å². The van der Waals surface area contributed by atoms with Crippen molar-refractivity contribution in [1.82, 2.24) is 10.6 Å². The smallest absolute Gasteiger partial charge is 0.326 e. The van der Waals surface area contributed by atoms with Crippen LogP contribution in [0.25, 0.3) is 0 Å². The summed E-state index contributed by atoms with van der Waals surface area (Å²) in [5.41, 5.74) is 5.30. The van der Waals surface area contributed by atoms with Crippen LogP contribution in [0.3, 0.4) is 0 Å². The average Bonchev–Trinajstić information content (AvgIpc) is 2.52. The molecule has 11 heteroatoms. The lowest BCUT2D eigenvalue weighted by Crippen LogP contribution is -2.53. The molecule has 2 amide bonds. The molecule has 7 N–H and O–H groups in total. The molecule has 0 aliphatic rings. The first kappa shape index (κ1) is 23.3. The zero-order valence-electron chi connectivity index (χ0n) is 14.6. The summed E-state index contributed by atoms with van der Waals surface area (Å²) in [7, 11) is 0. The number of carboxylic acid groups (broad SMARTS) is 3. The van der Waals surface area contributed by atoms with Gasteiger partial charge in [0.1, 0.15) is 18.1 Å². The fourth-order valence-corrected chi connectivity index (χ4v) is 1.98. The first-order chi connectivity index (χ1) is 12.0. The lowest BCUT2D eigenvalue weighted by atomic mass is 10.0. The molecule has 148 valence electrons. The highest BCUT2D eigenvalue weighted by molar-refractivity contribution is 5.90. The maximum atomic E-state index is 12.3. The second kappa shape index (κ2) is 11.0. The van der Waals surface area contributed by atoms with Gasteiger partial charge in [-0.2, -0.15) is 0 Å². The monoisotopic (exact) mass is 375 g/mol. The number of carboxylic acids is 3. The molecule has 0 aliphatic heterocycles. The molecule has 0 bridgehead atoms. The fourth-order valence-electron chi connectivity index (χ4n) is 1.98. The molecule has 0 rings (SSSR count). The van der Waals surface area contributed by atoms with Gasteiger partial charge in [0.05, 0.1) is 0 Å². The number of hydrogen-bond acceptors (Lipinski definition) is 6. The Bertz CT molecular complexity index is 549. The summed E-state index contributed by atoms with van der Waals surface area (Å²) in [5.74, 6) is -5.60. The van der Waals surface area contributed by atoms with Gasteiger partial charge in [0, 0.05) is 12.8 Å². The number of nitrogens with one attached hydrogen (secondary N) is 2. The summed E-state index contributed by atoms with van der Waals surface area (Å²) < 4.78 is 0. The standard InChI is InChI=1S/C15H25N3O8/c1-7(2)12(18-10(19)5-3-8(16)14(23)24)13(22)17-9(15(25)26)4-6-11(20)21/h7-9,12H,3-6,16H2,1-2H3,(H,17,22)(H,18,19)(H,20,21)(H,23,24)(H,25,26)/t8-,9-,12-/m0/s1. The van der Waals surface area contributed by atoms with E-state index in [0.717, 1.165) is 0 Å². The maximum Gasteiger partial charge on any atom is 0.326 e. The van der Waals surface area contributed by atoms with Gasteiger partial charge in [0.2, 0.25) is 11.8 Å². The molecule has 0 saturated carbocycles. The summed E-state index contributed by atoms with van der Waals surface area (Å²) in [6, 6.07) is -3.67. The topological polar surface area (TPSA) is 196 Å². The lowest BCUT2D eigenvalue weighted by molar-refractivity contribution is -0.143. The van der Waals surface area contributed by atoms with Gasteiger partial charge in [-0.1, -0.05) is 13.8 Å². The van der Waals surface area contributed by atoms with E-state index in [2.05, 4.69) is 10.6 Å². The molecule has 0 aliphatic carbocycles. The molecule has 0 radical (unpaired) electrons. The van der Waals surface area contributed by atoms with Gasteiger partial charge >= 0.3 is 17.9 Å². The first-order valence-electron chi connectivity index (χ1n) is 7.98. The van der Waals surface area contributed by atoms with Crippen molar-refractivity contribution >= 4 is 29.7 Å². The van der Waals surface area contributed by atoms with E-state index in [1.54, 1.807) is 13.8 Å². The number of carbonyl (C=O) groups excluding carboxylic acids is 2. The average molecular weight is 375 g/mol. The zero-order chi connectivity index (χ0) is 20.4. The number of amides is 2. The van der Waals surface area contributed by atoms with Crippen molar-refractivity contribution in [3.05, 3.63) is 0 Å². The van der Waals surface area contributed by atoms with Crippen molar-refractivity contribution in [2.24, 2.45) is 11.7 Å². The Kier molecular flexibility index (Phi) is 9.89. The van der Waals surface area contributed by atoms with Crippen LogP contribution in [0.2, 0.25) is 0 Å². The third-order valence-electron chi connectivity index (χ3n) is 3.53. The van der Waals surface area contributed by atoms with Crippen LogP contribution in [0.15, 0.2) is 0 Å². The number of aliphatic carboxylic acids is 3. The summed E-state index contributed by atoms with van der Waals surface area (Å²) in [6.07, 6.45) is -1.08. The van der Waals surface area contributed by atoms with Crippen LogP contribution in [-0.2, 0) is 24.0 Å². The first-order valence-corrected chi connectivity index (χ1v) is 7.98. The Hall–Kier alpha value is -2.69. The van der Waals surface area contributed by atoms with E-state index < -0.39 is 54.3 Å². The van der Waals surface area contributed by atoms with E-state index >= 15 is 0 Å². The van der Waals surface area contributed by atoms with E-state index in [1.165, 1.54) is 0 Å². The predicted octanol–water partition coefficient (Wildman–Crippen LogP) is -1.25. The SMILES string of the molecule is CC(C)[C@H](NC(=O)CC[C@H](N)C(=O)O)C(=O)N[C@@H](CCC(=O)O)C(=O)O. The molecule has 11 nitrogen and oxygen atoms in total. The second-order valence-electron chi connectivity index (χ2n) is 6.10. The number of rotatable bonds is 12. The van der Waals surface area contributed by atoms with Crippen LogP contribution in [0, 0.1) is 5.92 Å². The van der Waals surface area contributed by atoms with Crippen LogP contribution in [0.4, 0.5) is 0 Å². The molecule has 0 aromatic rings. The molecule has 0 fully saturated rings. The van der Waals surface area contributed by atoms with Gasteiger partial charge in [-0.15, -0.1) is 0 Å². The minimum atomic E-state index is -1.41. The second-order valence-corrected chi connectivity index (χ2v) is 6.10. The van der Waals surface area contributed by atoms with Gasteiger partial charge in [-0.3, -0.25) is 19.2 Å². The summed E-state index contributed by atoms with van der Waals surface area (Å²) in [4.78, 5) is 56.5. The van der Waals surface area contributed by atoms with Gasteiger partial charge in [-0.25, -0.2) is 4.79 Å². The van der Waals surface area contributed by atoms with E-state index in [1.807, 2.05) is 0 Å². The van der Waals surface area contributed by atoms with Crippen LogP contribution in [0.5, 0.6) is 0 Å². The van der Waals surface area contributed by atoms with Gasteiger partial charge in [0.25, 0.3) is 0 Å². The molecule has 0 aromatic carbocycles. The minimum Gasteiger partial charge on any atom is -0.481 e. The van der Waals surface area contributed by atoms with Gasteiger partial charge in [-0.05, 0) is 18.8 Å². The summed E-state index contributed by atoms with van der Waals surface area (Å²) in [6.45, 7) is 3.25. The van der Waals surface area contributed by atoms with Crippen molar-refractivity contribution in [3.8, 4) is 0 Å². The maximum absolute atomic E-state index is 12.3. The van der Waals surface area contributed by atoms with Crippen molar-refractivity contribution < 1.29 is 39.3 Å². The van der Waals surface area contributed by atoms with E-state index in [0.29, 0.717) is 0 Å². The van der Waals surface area contributed by atoms with Crippen LogP contribution in [-0.4, -0.2) is 63.2 Å². The largest absolute Gasteiger partial charge is 0.481 e. The van der Waals surface area contributed by atoms with Crippen LogP contribution < -0.4 is 16.4 Å². The summed E-state index contributed by atoms with van der Waals surface area (Å²) >= 11 is 0. The van der Waals surface area contributed by atoms with Gasteiger partial charge in [0.15, 0.2) is 0 Å². The quantitative estimate of drug-likeness (QED) is 0.241. The number of carbonyl (C=O) groups is 5. The highest BCUT2D eigenvalue weighted by Crippen LogP contribution is 2.06. The number of nitrogens with two attached hydrogens (primary N) is 1. The van der Waals surface area contributed by atoms with Crippen LogP contribution >= 0.6 is 0 Å². The van der Waals surface area contributed by atoms with E-state index in [-0.39, 0.29) is 25.2 Å². The third-order valence-corrected chi connectivity index (χ3v) is 3.53. The Morgan fingerprint density at radius 1 is 0.885 bits per heavy atom. The Morgan fingerprint density at radius 3 is 1.88 bits per heavy atom. The Labute approximate surface area is 149 Å². The third kappa shape index (κ3) is 8.97. The zero-order valence-corrected chi connectivity index (χ0v) is 14.6. The highest BCUT2D eigenvalue weighted by Gasteiger charge is 2.29. The fraction of sp³-hybridized carbons (Fsp3) is 0.667. The molecule has 0 heterocycles. The molecule has 0 spiro atoms. The number of hydrogen-bond donors (Lipinski definition) is 6. The minimum absolute atomic E-state index is 0.121. The van der Waals surface area contributed by atoms with Crippen LogP contribution in [0.1, 0.15) is 39.5 Å². The molecule has 0 saturated heterocycles. The predicted molar refractivity (Wildman–Crippen MR) is 88.1 cm³/mol. The molecule has 0 unspecified atom stereocenters. The molecular weight excluding hydrogens is 350 g/mol. The van der Waals surface area contributed by atoms with E-state index in [9.17, 15) is 24.0 Å². The normalized spacial score (nSPS) is 14.2. The van der Waals surface area contributed by atoms with E-state index in [4.69, 9.17) is 21.1 Å². The molecule has 0 aromatic heterocycles. The highest BCUT2D eigenvalue weighted by atomic mass is 16.4. The van der Waals surface area contributed by atoms with Crippen molar-refractivity contribution in [1.29, 1.82) is 0 Å². The Morgan fingerprint density at radius 2 is 1.46 bits per heavy atom. The van der Waals surface area contributed by atoms with Crippen molar-refractivity contribution in [2.45, 2.75) is 57.7 Å². The molecule has 3 atom stereocenters. The Balaban J connectivity index is 4.82. The summed E-state index contributed by atoms with van der Waals surface area (Å²) in [5, 5.41) is 31.0. The molecule has 26 heavy (non-hydrogen) atoms. The van der Waals surface area contributed by atoms with Crippen molar-refractivity contribution in [3.63, 3.8) is 0 Å². The molecular formula is C15H25N3O8. The van der Waals surface area contributed by atoms with Gasteiger partial charge < -0.3 is 31.7 Å². The lowest BCUT2D eigenvalue weighted by Gasteiger charge is -2.24.